The lowest BCUT2D eigenvalue weighted by Crippen LogP contribution is -2.43. The van der Waals surface area contributed by atoms with Crippen molar-refractivity contribution in [2.75, 3.05) is 6.61 Å². The first-order valence-corrected chi connectivity index (χ1v) is 10.0. The molecule has 0 unspecified atom stereocenters. The summed E-state index contributed by atoms with van der Waals surface area (Å²) in [5.41, 5.74) is 7.98. The van der Waals surface area contributed by atoms with Crippen LogP contribution < -0.4 is 15.6 Å². The first kappa shape index (κ1) is 20.6. The van der Waals surface area contributed by atoms with E-state index in [4.69, 9.17) is 4.74 Å². The molecule has 0 saturated heterocycles. The molecule has 3 aromatic carbocycles. The van der Waals surface area contributed by atoms with Gasteiger partial charge in [0.2, 0.25) is 5.91 Å². The van der Waals surface area contributed by atoms with Crippen molar-refractivity contribution in [1.29, 1.82) is 0 Å². The molecule has 2 N–H and O–H groups in total. The highest BCUT2D eigenvalue weighted by atomic mass is 79.9. The summed E-state index contributed by atoms with van der Waals surface area (Å²) in [5.74, 6) is -0.136. The maximum Gasteiger partial charge on any atom is 0.276 e. The van der Waals surface area contributed by atoms with Gasteiger partial charge in [0, 0.05) is 6.42 Å². The number of hydrogen-bond acceptors (Lipinski definition) is 3. The van der Waals surface area contributed by atoms with Crippen LogP contribution in [0.5, 0.6) is 5.75 Å². The molecule has 0 aliphatic carbocycles. The highest BCUT2D eigenvalue weighted by Crippen LogP contribution is 2.30. The molecule has 5 nitrogen and oxygen atoms in total. The fourth-order valence-corrected chi connectivity index (χ4v) is 3.21. The van der Waals surface area contributed by atoms with Gasteiger partial charge in [0.15, 0.2) is 6.61 Å². The van der Waals surface area contributed by atoms with Gasteiger partial charge < -0.3 is 4.74 Å². The van der Waals surface area contributed by atoms with Gasteiger partial charge in [-0.25, -0.2) is 0 Å². The molecule has 0 radical (unpaired) electrons. The van der Waals surface area contributed by atoms with Crippen LogP contribution in [0.3, 0.4) is 0 Å². The Labute approximate surface area is 178 Å². The zero-order valence-electron chi connectivity index (χ0n) is 15.7. The van der Waals surface area contributed by atoms with Crippen LogP contribution in [0.2, 0.25) is 0 Å². The number of ether oxygens (including phenoxy) is 1. The van der Waals surface area contributed by atoms with Crippen LogP contribution in [-0.2, 0) is 16.0 Å². The Hall–Kier alpha value is -3.12. The maximum atomic E-state index is 11.9. The van der Waals surface area contributed by atoms with Crippen molar-refractivity contribution >= 4 is 27.7 Å². The summed E-state index contributed by atoms with van der Waals surface area (Å²) in [7, 11) is 0. The fraction of sp³-hybridized carbons (Fsp3) is 0.130. The van der Waals surface area contributed by atoms with Gasteiger partial charge in [0.05, 0.1) is 4.47 Å². The summed E-state index contributed by atoms with van der Waals surface area (Å²) < 4.78 is 6.29. The Balaban J connectivity index is 1.42. The summed E-state index contributed by atoms with van der Waals surface area (Å²) >= 11 is 3.47. The van der Waals surface area contributed by atoms with Gasteiger partial charge in [-0.1, -0.05) is 66.7 Å². The molecule has 0 fully saturated rings. The molecule has 148 valence electrons. The van der Waals surface area contributed by atoms with Crippen LogP contribution in [0, 0.1) is 0 Å². The molecule has 0 saturated carbocycles. The van der Waals surface area contributed by atoms with Crippen molar-refractivity contribution in [3.8, 4) is 16.9 Å². The number of carbonyl (C=O) groups is 2. The van der Waals surface area contributed by atoms with E-state index in [0.29, 0.717) is 12.2 Å². The third kappa shape index (κ3) is 6.47. The average Bonchev–Trinajstić information content (AvgIpc) is 2.76. The van der Waals surface area contributed by atoms with E-state index >= 15 is 0 Å². The molecule has 0 atom stereocenters. The zero-order chi connectivity index (χ0) is 20.5. The molecule has 2 amide bonds. The van der Waals surface area contributed by atoms with Gasteiger partial charge in [-0.2, -0.15) is 0 Å². The van der Waals surface area contributed by atoms with E-state index in [1.807, 2.05) is 72.8 Å². The predicted octanol–water partition coefficient (Wildman–Crippen LogP) is 4.28. The van der Waals surface area contributed by atoms with Crippen LogP contribution in [0.25, 0.3) is 11.1 Å². The largest absolute Gasteiger partial charge is 0.483 e. The maximum absolute atomic E-state index is 11.9. The highest BCUT2D eigenvalue weighted by molar-refractivity contribution is 9.10. The summed E-state index contributed by atoms with van der Waals surface area (Å²) in [6.07, 6.45) is 0.900. The third-order valence-electron chi connectivity index (χ3n) is 4.22. The van der Waals surface area contributed by atoms with E-state index in [0.717, 1.165) is 21.2 Å². The second-order valence-electron chi connectivity index (χ2n) is 6.38. The van der Waals surface area contributed by atoms with Gasteiger partial charge in [-0.05, 0) is 51.2 Å². The smallest absolute Gasteiger partial charge is 0.276 e. The number of rotatable bonds is 7. The van der Waals surface area contributed by atoms with Crippen molar-refractivity contribution in [2.45, 2.75) is 12.8 Å². The lowest BCUT2D eigenvalue weighted by Gasteiger charge is -2.11. The topological polar surface area (TPSA) is 67.4 Å². The zero-order valence-corrected chi connectivity index (χ0v) is 17.3. The Bertz CT molecular complexity index is 962. The number of hydrazine groups is 1. The molecule has 0 aliphatic rings. The molecular weight excluding hydrogens is 432 g/mol. The van der Waals surface area contributed by atoms with E-state index in [2.05, 4.69) is 26.8 Å². The molecule has 6 heteroatoms. The van der Waals surface area contributed by atoms with Gasteiger partial charge in [0.1, 0.15) is 5.75 Å². The van der Waals surface area contributed by atoms with Crippen molar-refractivity contribution in [2.24, 2.45) is 0 Å². The number of hydrogen-bond donors (Lipinski definition) is 2. The van der Waals surface area contributed by atoms with Crippen molar-refractivity contribution in [1.82, 2.24) is 10.9 Å². The van der Waals surface area contributed by atoms with Gasteiger partial charge in [-0.15, -0.1) is 0 Å². The Morgan fingerprint density at radius 1 is 0.793 bits per heavy atom. The first-order valence-electron chi connectivity index (χ1n) is 9.21. The van der Waals surface area contributed by atoms with Crippen molar-refractivity contribution in [3.63, 3.8) is 0 Å². The van der Waals surface area contributed by atoms with Gasteiger partial charge in [0.25, 0.3) is 5.91 Å². The number of amides is 2. The summed E-state index contributed by atoms with van der Waals surface area (Å²) in [4.78, 5) is 23.8. The molecule has 0 aromatic heterocycles. The monoisotopic (exact) mass is 452 g/mol. The van der Waals surface area contributed by atoms with Crippen LogP contribution in [0.15, 0.2) is 83.3 Å². The SMILES string of the molecule is O=C(CCc1ccccc1)NNC(=O)COc1ccc(-c2ccccc2)cc1Br. The van der Waals surface area contributed by atoms with Crippen molar-refractivity contribution in [3.05, 3.63) is 88.9 Å². The minimum atomic E-state index is -0.433. The van der Waals surface area contributed by atoms with E-state index in [9.17, 15) is 9.59 Å². The molecular formula is C23H21BrN2O3. The molecule has 0 spiro atoms. The lowest BCUT2D eigenvalue weighted by molar-refractivity contribution is -0.130. The quantitative estimate of drug-likeness (QED) is 0.525. The molecule has 3 aromatic rings. The van der Waals surface area contributed by atoms with Crippen molar-refractivity contribution < 1.29 is 14.3 Å². The average molecular weight is 453 g/mol. The Kier molecular flexibility index (Phi) is 7.41. The number of carbonyl (C=O) groups excluding carboxylic acids is 2. The van der Waals surface area contributed by atoms with Gasteiger partial charge in [-0.3, -0.25) is 20.4 Å². The van der Waals surface area contributed by atoms with E-state index in [-0.39, 0.29) is 18.9 Å². The standard InChI is InChI=1S/C23H21BrN2O3/c24-20-15-19(18-9-5-2-6-10-18)12-13-21(20)29-16-23(28)26-25-22(27)14-11-17-7-3-1-4-8-17/h1-10,12-13,15H,11,14,16H2,(H,25,27)(H,26,28). The summed E-state index contributed by atoms with van der Waals surface area (Å²) in [5, 5.41) is 0. The van der Waals surface area contributed by atoms with E-state index in [1.165, 1.54) is 0 Å². The number of aryl methyl sites for hydroxylation is 1. The lowest BCUT2D eigenvalue weighted by atomic mass is 10.1. The predicted molar refractivity (Wildman–Crippen MR) is 116 cm³/mol. The highest BCUT2D eigenvalue weighted by Gasteiger charge is 2.09. The minimum Gasteiger partial charge on any atom is -0.483 e. The normalized spacial score (nSPS) is 10.2. The molecule has 0 heterocycles. The van der Waals surface area contributed by atoms with Gasteiger partial charge >= 0.3 is 0 Å². The number of nitrogens with one attached hydrogen (secondary N) is 2. The van der Waals surface area contributed by atoms with Crippen LogP contribution >= 0.6 is 15.9 Å². The fourth-order valence-electron chi connectivity index (χ4n) is 2.71. The van der Waals surface area contributed by atoms with Crippen LogP contribution in [0.4, 0.5) is 0 Å². The van der Waals surface area contributed by atoms with E-state index < -0.39 is 5.91 Å². The Morgan fingerprint density at radius 3 is 2.14 bits per heavy atom. The Morgan fingerprint density at radius 2 is 1.45 bits per heavy atom. The minimum absolute atomic E-state index is 0.206. The number of benzene rings is 3. The summed E-state index contributed by atoms with van der Waals surface area (Å²) in [6.45, 7) is -0.206. The first-order chi connectivity index (χ1) is 14.1. The molecule has 0 bridgehead atoms. The molecule has 29 heavy (non-hydrogen) atoms. The van der Waals surface area contributed by atoms with Crippen LogP contribution in [0.1, 0.15) is 12.0 Å². The second kappa shape index (κ2) is 10.4. The number of halogens is 1. The molecule has 0 aliphatic heterocycles. The molecule has 3 rings (SSSR count). The summed E-state index contributed by atoms with van der Waals surface area (Å²) in [6, 6.07) is 25.3. The second-order valence-corrected chi connectivity index (χ2v) is 7.24. The van der Waals surface area contributed by atoms with Crippen LogP contribution in [-0.4, -0.2) is 18.4 Å². The third-order valence-corrected chi connectivity index (χ3v) is 4.84. The van der Waals surface area contributed by atoms with E-state index in [1.54, 1.807) is 6.07 Å².